The molecule has 1 rings (SSSR count). The highest BCUT2D eigenvalue weighted by molar-refractivity contribution is 5.50. The van der Waals surface area contributed by atoms with Crippen molar-refractivity contribution in [2.45, 2.75) is 45.6 Å². The number of nitrogens with zero attached hydrogens (tertiary/aromatic N) is 1. The number of nitrogens with one attached hydrogen (secondary N) is 1. The summed E-state index contributed by atoms with van der Waals surface area (Å²) in [5, 5.41) is 13.7. The fourth-order valence-corrected chi connectivity index (χ4v) is 1.81. The van der Waals surface area contributed by atoms with Gasteiger partial charge in [-0.25, -0.2) is 0 Å². The summed E-state index contributed by atoms with van der Waals surface area (Å²) in [5.41, 5.74) is 0.114. The Bertz CT molecular complexity index is 410. The van der Waals surface area contributed by atoms with E-state index in [1.807, 2.05) is 0 Å². The van der Waals surface area contributed by atoms with Gasteiger partial charge in [-0.2, -0.15) is 4.39 Å². The van der Waals surface area contributed by atoms with Crippen LogP contribution in [0.4, 0.5) is 15.8 Å². The molecule has 0 aromatic heterocycles. The van der Waals surface area contributed by atoms with Crippen molar-refractivity contribution in [2.24, 2.45) is 0 Å². The van der Waals surface area contributed by atoms with E-state index < -0.39 is 16.4 Å². The number of rotatable bonds is 7. The first-order valence-corrected chi connectivity index (χ1v) is 6.29. The van der Waals surface area contributed by atoms with Crippen molar-refractivity contribution < 1.29 is 9.31 Å². The van der Waals surface area contributed by atoms with Crippen LogP contribution in [0.1, 0.15) is 39.5 Å². The maximum Gasteiger partial charge on any atom is 0.304 e. The molecule has 1 aromatic rings. The first-order chi connectivity index (χ1) is 8.58. The third kappa shape index (κ3) is 3.98. The molecule has 100 valence electrons. The van der Waals surface area contributed by atoms with Gasteiger partial charge in [0, 0.05) is 23.9 Å². The van der Waals surface area contributed by atoms with Gasteiger partial charge in [0.05, 0.1) is 4.92 Å². The number of nitro benzene ring substituents is 1. The monoisotopic (exact) mass is 254 g/mol. The third-order valence-electron chi connectivity index (χ3n) is 2.91. The summed E-state index contributed by atoms with van der Waals surface area (Å²) in [7, 11) is 0. The Morgan fingerprint density at radius 1 is 1.44 bits per heavy atom. The molecule has 1 aromatic carbocycles. The predicted octanol–water partition coefficient (Wildman–Crippen LogP) is 4.11. The van der Waals surface area contributed by atoms with Crippen LogP contribution in [0.3, 0.4) is 0 Å². The third-order valence-corrected chi connectivity index (χ3v) is 2.91. The Morgan fingerprint density at radius 3 is 2.67 bits per heavy atom. The fourth-order valence-electron chi connectivity index (χ4n) is 1.81. The number of anilines is 1. The van der Waals surface area contributed by atoms with Crippen molar-refractivity contribution in [3.63, 3.8) is 0 Å². The van der Waals surface area contributed by atoms with Crippen LogP contribution in [0.2, 0.25) is 0 Å². The summed E-state index contributed by atoms with van der Waals surface area (Å²) in [5.74, 6) is -0.796. The van der Waals surface area contributed by atoms with Gasteiger partial charge in [0.25, 0.3) is 0 Å². The molecule has 0 radical (unpaired) electrons. The highest BCUT2D eigenvalue weighted by Crippen LogP contribution is 2.22. The standard InChI is InChI=1S/C13H19FN2O2/c1-3-5-6-10(4-2)15-11-7-8-13(16(17)18)12(14)9-11/h7-10,15H,3-6H2,1-2H3. The van der Waals surface area contributed by atoms with Crippen LogP contribution in [-0.2, 0) is 0 Å². The first-order valence-electron chi connectivity index (χ1n) is 6.29. The number of nitro groups is 1. The minimum atomic E-state index is -0.796. The van der Waals surface area contributed by atoms with Gasteiger partial charge >= 0.3 is 5.69 Å². The average molecular weight is 254 g/mol. The molecule has 0 fully saturated rings. The second-order valence-corrected chi connectivity index (χ2v) is 4.32. The molecule has 0 aliphatic carbocycles. The Hall–Kier alpha value is -1.65. The first kappa shape index (κ1) is 14.4. The van der Waals surface area contributed by atoms with Gasteiger partial charge in [-0.15, -0.1) is 0 Å². The summed E-state index contributed by atoms with van der Waals surface area (Å²) in [4.78, 5) is 9.78. The van der Waals surface area contributed by atoms with E-state index in [0.29, 0.717) is 5.69 Å². The van der Waals surface area contributed by atoms with E-state index in [2.05, 4.69) is 19.2 Å². The molecule has 0 bridgehead atoms. The highest BCUT2D eigenvalue weighted by atomic mass is 19.1. The summed E-state index contributed by atoms with van der Waals surface area (Å²) >= 11 is 0. The Balaban J connectivity index is 2.72. The molecule has 1 unspecified atom stereocenters. The van der Waals surface area contributed by atoms with Gasteiger partial charge in [-0.05, 0) is 18.9 Å². The summed E-state index contributed by atoms with van der Waals surface area (Å²) in [6, 6.07) is 4.22. The van der Waals surface area contributed by atoms with Gasteiger partial charge in [0.2, 0.25) is 5.82 Å². The van der Waals surface area contributed by atoms with E-state index in [-0.39, 0.29) is 6.04 Å². The fraction of sp³-hybridized carbons (Fsp3) is 0.538. The van der Waals surface area contributed by atoms with E-state index in [1.54, 1.807) is 6.07 Å². The Morgan fingerprint density at radius 2 is 2.17 bits per heavy atom. The van der Waals surface area contributed by atoms with Crippen LogP contribution in [0.5, 0.6) is 0 Å². The molecule has 0 aliphatic heterocycles. The molecule has 0 saturated carbocycles. The van der Waals surface area contributed by atoms with E-state index >= 15 is 0 Å². The van der Waals surface area contributed by atoms with E-state index in [4.69, 9.17) is 0 Å². The zero-order valence-electron chi connectivity index (χ0n) is 10.8. The smallest absolute Gasteiger partial charge is 0.304 e. The molecule has 18 heavy (non-hydrogen) atoms. The van der Waals surface area contributed by atoms with Gasteiger partial charge in [0.15, 0.2) is 0 Å². The zero-order chi connectivity index (χ0) is 13.5. The van der Waals surface area contributed by atoms with Crippen molar-refractivity contribution in [3.05, 3.63) is 34.1 Å². The summed E-state index contributed by atoms with van der Waals surface area (Å²) in [6.45, 7) is 4.19. The van der Waals surface area contributed by atoms with Crippen molar-refractivity contribution in [1.29, 1.82) is 0 Å². The van der Waals surface area contributed by atoms with E-state index in [1.165, 1.54) is 12.1 Å². The lowest BCUT2D eigenvalue weighted by molar-refractivity contribution is -0.387. The molecule has 5 heteroatoms. The summed E-state index contributed by atoms with van der Waals surface area (Å²) in [6.07, 6.45) is 4.19. The van der Waals surface area contributed by atoms with Crippen molar-refractivity contribution >= 4 is 11.4 Å². The molecular weight excluding hydrogens is 235 g/mol. The van der Waals surface area contributed by atoms with E-state index in [9.17, 15) is 14.5 Å². The molecule has 1 N–H and O–H groups in total. The minimum absolute atomic E-state index is 0.283. The molecule has 0 aliphatic rings. The number of halogens is 1. The quantitative estimate of drug-likeness (QED) is 0.588. The van der Waals surface area contributed by atoms with Crippen LogP contribution >= 0.6 is 0 Å². The molecule has 0 heterocycles. The average Bonchev–Trinajstić information content (AvgIpc) is 2.34. The Kier molecular flexibility index (Phi) is 5.55. The molecule has 4 nitrogen and oxygen atoms in total. The van der Waals surface area contributed by atoms with Crippen LogP contribution in [-0.4, -0.2) is 11.0 Å². The van der Waals surface area contributed by atoms with Crippen molar-refractivity contribution in [2.75, 3.05) is 5.32 Å². The van der Waals surface area contributed by atoms with Crippen LogP contribution in [0, 0.1) is 15.9 Å². The molecule has 0 amide bonds. The topological polar surface area (TPSA) is 55.2 Å². The number of hydrogen-bond acceptors (Lipinski definition) is 3. The maximum atomic E-state index is 13.4. The molecular formula is C13H19FN2O2. The number of unbranched alkanes of at least 4 members (excludes halogenated alkanes) is 1. The lowest BCUT2D eigenvalue weighted by Crippen LogP contribution is -2.18. The van der Waals surface area contributed by atoms with E-state index in [0.717, 1.165) is 25.7 Å². The van der Waals surface area contributed by atoms with Crippen LogP contribution in [0.25, 0.3) is 0 Å². The van der Waals surface area contributed by atoms with Gasteiger partial charge < -0.3 is 5.32 Å². The normalized spacial score (nSPS) is 12.2. The Labute approximate surface area is 106 Å². The number of hydrogen-bond donors (Lipinski definition) is 1. The zero-order valence-corrected chi connectivity index (χ0v) is 10.8. The lowest BCUT2D eigenvalue weighted by atomic mass is 10.1. The second kappa shape index (κ2) is 6.93. The predicted molar refractivity (Wildman–Crippen MR) is 70.3 cm³/mol. The molecule has 1 atom stereocenters. The molecule has 0 spiro atoms. The van der Waals surface area contributed by atoms with Gasteiger partial charge in [0.1, 0.15) is 0 Å². The minimum Gasteiger partial charge on any atom is -0.382 e. The number of benzene rings is 1. The van der Waals surface area contributed by atoms with Gasteiger partial charge in [-0.3, -0.25) is 10.1 Å². The van der Waals surface area contributed by atoms with Crippen LogP contribution in [0.15, 0.2) is 18.2 Å². The van der Waals surface area contributed by atoms with Crippen molar-refractivity contribution in [3.8, 4) is 0 Å². The highest BCUT2D eigenvalue weighted by Gasteiger charge is 2.14. The molecule has 0 saturated heterocycles. The van der Waals surface area contributed by atoms with Crippen molar-refractivity contribution in [1.82, 2.24) is 0 Å². The second-order valence-electron chi connectivity index (χ2n) is 4.32. The summed E-state index contributed by atoms with van der Waals surface area (Å²) < 4.78 is 13.4. The van der Waals surface area contributed by atoms with Crippen LogP contribution < -0.4 is 5.32 Å². The van der Waals surface area contributed by atoms with Gasteiger partial charge in [-0.1, -0.05) is 26.7 Å². The largest absolute Gasteiger partial charge is 0.382 e. The maximum absolute atomic E-state index is 13.4. The lowest BCUT2D eigenvalue weighted by Gasteiger charge is -2.17. The SMILES string of the molecule is CCCCC(CC)Nc1ccc([N+](=O)[O-])c(F)c1.